The molecule has 5 rings (SSSR count). The number of likely N-dealkylation sites (tertiary alicyclic amines) is 1. The molecule has 1 saturated carbocycles. The number of nitrogens with zero attached hydrogens (tertiary/aromatic N) is 4. The molecule has 2 aliphatic rings. The number of benzene rings is 2. The van der Waals surface area contributed by atoms with Crippen LogP contribution < -0.4 is 0 Å². The van der Waals surface area contributed by atoms with Gasteiger partial charge in [0.2, 0.25) is 5.91 Å². The number of ketones is 1. The number of Topliss-reactive ketones (excluding diaryl/α,β-unsaturated/α-hetero) is 1. The molecular weight excluding hydrogens is 400 g/mol. The molecule has 1 aliphatic heterocycles. The van der Waals surface area contributed by atoms with Crippen molar-refractivity contribution in [3.8, 4) is 0 Å². The molecule has 0 spiro atoms. The average Bonchev–Trinajstić information content (AvgIpc) is 3.26. The van der Waals surface area contributed by atoms with Gasteiger partial charge in [0.15, 0.2) is 0 Å². The van der Waals surface area contributed by atoms with Crippen LogP contribution in [0.4, 0.5) is 0 Å². The number of fused-ring (bicyclic) bond motifs is 2. The molecule has 0 radical (unpaired) electrons. The van der Waals surface area contributed by atoms with Crippen molar-refractivity contribution >= 4 is 22.7 Å². The lowest BCUT2D eigenvalue weighted by atomic mass is 9.70. The van der Waals surface area contributed by atoms with Gasteiger partial charge in [-0.1, -0.05) is 60.5 Å². The van der Waals surface area contributed by atoms with Crippen LogP contribution in [-0.2, 0) is 9.59 Å². The van der Waals surface area contributed by atoms with Gasteiger partial charge >= 0.3 is 0 Å². The van der Waals surface area contributed by atoms with Gasteiger partial charge in [0.1, 0.15) is 11.3 Å². The lowest BCUT2D eigenvalue weighted by Gasteiger charge is -2.47. The molecule has 4 unspecified atom stereocenters. The second kappa shape index (κ2) is 8.85. The van der Waals surface area contributed by atoms with Crippen LogP contribution in [0.1, 0.15) is 57.1 Å². The third-order valence-electron chi connectivity index (χ3n) is 7.45. The fourth-order valence-corrected chi connectivity index (χ4v) is 5.89. The summed E-state index contributed by atoms with van der Waals surface area (Å²) in [4.78, 5) is 28.1. The first kappa shape index (κ1) is 20.9. The molecule has 0 N–H and O–H groups in total. The number of hydrogen-bond acceptors (Lipinski definition) is 4. The highest BCUT2D eigenvalue weighted by atomic mass is 16.2. The van der Waals surface area contributed by atoms with E-state index in [1.807, 2.05) is 47.1 Å². The van der Waals surface area contributed by atoms with E-state index >= 15 is 0 Å². The second-order valence-electron chi connectivity index (χ2n) is 9.26. The van der Waals surface area contributed by atoms with Gasteiger partial charge in [0.25, 0.3) is 0 Å². The minimum absolute atomic E-state index is 0.105. The Morgan fingerprint density at radius 2 is 1.75 bits per heavy atom. The van der Waals surface area contributed by atoms with E-state index in [0.717, 1.165) is 48.7 Å². The Morgan fingerprint density at radius 3 is 2.56 bits per heavy atom. The summed E-state index contributed by atoms with van der Waals surface area (Å²) in [5.41, 5.74) is 2.81. The van der Waals surface area contributed by atoms with Crippen LogP contribution in [0.25, 0.3) is 11.0 Å². The van der Waals surface area contributed by atoms with E-state index in [0.29, 0.717) is 18.9 Å². The van der Waals surface area contributed by atoms with E-state index in [4.69, 9.17) is 0 Å². The third kappa shape index (κ3) is 3.83. The molecule has 1 amide bonds. The summed E-state index contributed by atoms with van der Waals surface area (Å²) >= 11 is 0. The summed E-state index contributed by atoms with van der Waals surface area (Å²) in [6, 6.07) is 17.9. The van der Waals surface area contributed by atoms with Crippen LogP contribution >= 0.6 is 0 Å². The van der Waals surface area contributed by atoms with E-state index in [-0.39, 0.29) is 29.7 Å². The van der Waals surface area contributed by atoms with Gasteiger partial charge in [-0.3, -0.25) is 9.59 Å². The fraction of sp³-hybridized carbons (Fsp3) is 0.462. The van der Waals surface area contributed by atoms with Crippen molar-refractivity contribution in [1.82, 2.24) is 19.9 Å². The zero-order valence-corrected chi connectivity index (χ0v) is 18.6. The van der Waals surface area contributed by atoms with Crippen molar-refractivity contribution in [1.29, 1.82) is 0 Å². The first-order valence-corrected chi connectivity index (χ1v) is 11.8. The highest BCUT2D eigenvalue weighted by Crippen LogP contribution is 2.40. The topological polar surface area (TPSA) is 68.1 Å². The SMILES string of the molecule is CC(=O)C1CCN(C(=O)CC(c2ccccc2)n2nnc3ccccc32)C2CCCCC12. The van der Waals surface area contributed by atoms with Crippen molar-refractivity contribution < 1.29 is 9.59 Å². The molecule has 4 atom stereocenters. The number of carbonyl (C=O) groups excluding carboxylic acids is 2. The number of para-hydroxylation sites is 1. The monoisotopic (exact) mass is 430 g/mol. The lowest BCUT2D eigenvalue weighted by Crippen LogP contribution is -2.54. The quantitative estimate of drug-likeness (QED) is 0.601. The summed E-state index contributed by atoms with van der Waals surface area (Å²) in [6.45, 7) is 2.39. The summed E-state index contributed by atoms with van der Waals surface area (Å²) < 4.78 is 1.89. The Labute approximate surface area is 188 Å². The number of rotatable bonds is 5. The zero-order chi connectivity index (χ0) is 22.1. The molecule has 0 bridgehead atoms. The molecule has 1 saturated heterocycles. The van der Waals surface area contributed by atoms with Crippen molar-refractivity contribution in [2.75, 3.05) is 6.54 Å². The molecule has 3 aromatic rings. The molecule has 1 aromatic heterocycles. The maximum Gasteiger partial charge on any atom is 0.225 e. The summed E-state index contributed by atoms with van der Waals surface area (Å²) in [6.07, 6.45) is 5.46. The molecule has 2 fully saturated rings. The van der Waals surface area contributed by atoms with Crippen LogP contribution in [0, 0.1) is 11.8 Å². The van der Waals surface area contributed by atoms with Crippen LogP contribution in [0.2, 0.25) is 0 Å². The minimum atomic E-state index is -0.219. The maximum atomic E-state index is 13.7. The highest BCUT2D eigenvalue weighted by molar-refractivity contribution is 5.81. The summed E-state index contributed by atoms with van der Waals surface area (Å²) in [7, 11) is 0. The van der Waals surface area contributed by atoms with Gasteiger partial charge in [-0.05, 0) is 49.8 Å². The molecule has 166 valence electrons. The van der Waals surface area contributed by atoms with Crippen molar-refractivity contribution in [3.63, 3.8) is 0 Å². The van der Waals surface area contributed by atoms with Gasteiger partial charge in [-0.2, -0.15) is 0 Å². The van der Waals surface area contributed by atoms with Crippen molar-refractivity contribution in [2.24, 2.45) is 11.8 Å². The standard InChI is InChI=1S/C26H30N4O2/c1-18(31)20-15-16-29(23-13-7-5-11-21(20)23)26(32)17-25(19-9-3-2-4-10-19)30-24-14-8-6-12-22(24)27-28-30/h2-4,6,8-10,12,14,20-21,23,25H,5,7,11,13,15-17H2,1H3. The van der Waals surface area contributed by atoms with Crippen LogP contribution in [0.3, 0.4) is 0 Å². The number of carbonyl (C=O) groups is 2. The minimum Gasteiger partial charge on any atom is -0.339 e. The molecule has 1 aliphatic carbocycles. The fourth-order valence-electron chi connectivity index (χ4n) is 5.89. The van der Waals surface area contributed by atoms with E-state index < -0.39 is 0 Å². The first-order chi connectivity index (χ1) is 15.6. The molecule has 2 aromatic carbocycles. The van der Waals surface area contributed by atoms with E-state index in [1.54, 1.807) is 6.92 Å². The number of piperidine rings is 1. The molecule has 32 heavy (non-hydrogen) atoms. The smallest absolute Gasteiger partial charge is 0.225 e. The van der Waals surface area contributed by atoms with Gasteiger partial charge in [-0.25, -0.2) is 4.68 Å². The van der Waals surface area contributed by atoms with Gasteiger partial charge < -0.3 is 4.90 Å². The van der Waals surface area contributed by atoms with Gasteiger partial charge in [0, 0.05) is 18.5 Å². The predicted molar refractivity (Wildman–Crippen MR) is 123 cm³/mol. The van der Waals surface area contributed by atoms with E-state index in [2.05, 4.69) is 27.3 Å². The average molecular weight is 431 g/mol. The lowest BCUT2D eigenvalue weighted by molar-refractivity contribution is -0.143. The van der Waals surface area contributed by atoms with E-state index in [9.17, 15) is 9.59 Å². The second-order valence-corrected chi connectivity index (χ2v) is 9.26. The summed E-state index contributed by atoms with van der Waals surface area (Å²) in [5.74, 6) is 0.845. The molecular formula is C26H30N4O2. The van der Waals surface area contributed by atoms with Crippen LogP contribution in [-0.4, -0.2) is 44.2 Å². The van der Waals surface area contributed by atoms with Crippen molar-refractivity contribution in [2.45, 2.75) is 57.5 Å². The molecule has 6 heteroatoms. The van der Waals surface area contributed by atoms with Gasteiger partial charge in [0.05, 0.1) is 18.0 Å². The molecule has 6 nitrogen and oxygen atoms in total. The predicted octanol–water partition coefficient (Wildman–Crippen LogP) is 4.41. The number of aromatic nitrogens is 3. The van der Waals surface area contributed by atoms with Crippen molar-refractivity contribution in [3.05, 3.63) is 60.2 Å². The van der Waals surface area contributed by atoms with Gasteiger partial charge in [-0.15, -0.1) is 5.10 Å². The Hall–Kier alpha value is -3.02. The first-order valence-electron chi connectivity index (χ1n) is 11.8. The largest absolute Gasteiger partial charge is 0.339 e. The Morgan fingerprint density at radius 1 is 1.00 bits per heavy atom. The Kier molecular flexibility index (Phi) is 5.77. The number of amides is 1. The molecule has 2 heterocycles. The highest BCUT2D eigenvalue weighted by Gasteiger charge is 2.43. The Balaban J connectivity index is 1.45. The number of hydrogen-bond donors (Lipinski definition) is 0. The maximum absolute atomic E-state index is 13.7. The normalized spacial score (nSPS) is 24.2. The van der Waals surface area contributed by atoms with Crippen LogP contribution in [0.5, 0.6) is 0 Å². The Bertz CT molecular complexity index is 1110. The summed E-state index contributed by atoms with van der Waals surface area (Å²) in [5, 5.41) is 8.77. The van der Waals surface area contributed by atoms with E-state index in [1.165, 1.54) is 0 Å². The third-order valence-corrected chi connectivity index (χ3v) is 7.45. The zero-order valence-electron chi connectivity index (χ0n) is 18.6. The van der Waals surface area contributed by atoms with Crippen LogP contribution in [0.15, 0.2) is 54.6 Å².